The van der Waals surface area contributed by atoms with Crippen LogP contribution < -0.4 is 4.90 Å². The van der Waals surface area contributed by atoms with Crippen LogP contribution in [0.25, 0.3) is 17.0 Å². The van der Waals surface area contributed by atoms with Crippen molar-refractivity contribution in [2.24, 2.45) is 0 Å². The first-order valence-electron chi connectivity index (χ1n) is 9.04. The lowest BCUT2D eigenvalue weighted by atomic mass is 10.0. The quantitative estimate of drug-likeness (QED) is 0.556. The molecule has 6 heteroatoms. The number of benzene rings is 1. The largest absolute Gasteiger partial charge is 0.356 e. The summed E-state index contributed by atoms with van der Waals surface area (Å²) in [5.41, 5.74) is 3.04. The van der Waals surface area contributed by atoms with Crippen LogP contribution in [-0.2, 0) is 0 Å². The second kappa shape index (κ2) is 6.46. The third kappa shape index (κ3) is 2.83. The number of hydrogen-bond donors (Lipinski definition) is 0. The fourth-order valence-electron chi connectivity index (χ4n) is 3.84. The van der Waals surface area contributed by atoms with Crippen molar-refractivity contribution in [1.82, 2.24) is 19.4 Å². The van der Waals surface area contributed by atoms with E-state index >= 15 is 0 Å². The maximum atomic E-state index is 13.3. The number of hydrogen-bond acceptors (Lipinski definition) is 4. The van der Waals surface area contributed by atoms with Gasteiger partial charge in [0.15, 0.2) is 0 Å². The Hall–Kier alpha value is -3.28. The molecule has 1 aliphatic rings. The van der Waals surface area contributed by atoms with Crippen molar-refractivity contribution >= 4 is 11.6 Å². The zero-order valence-corrected chi connectivity index (χ0v) is 14.7. The molecule has 1 saturated heterocycles. The van der Waals surface area contributed by atoms with Gasteiger partial charge in [-0.15, -0.1) is 0 Å². The third-order valence-corrected chi connectivity index (χ3v) is 5.16. The Bertz CT molecular complexity index is 1070. The molecular formula is C21H18FN5. The van der Waals surface area contributed by atoms with E-state index in [-0.39, 0.29) is 5.82 Å². The second-order valence-corrected chi connectivity index (χ2v) is 6.77. The Labute approximate surface area is 156 Å². The van der Waals surface area contributed by atoms with Crippen LogP contribution in [0.5, 0.6) is 0 Å². The van der Waals surface area contributed by atoms with E-state index in [1.54, 1.807) is 12.1 Å². The first-order chi connectivity index (χ1) is 13.3. The summed E-state index contributed by atoms with van der Waals surface area (Å²) >= 11 is 0. The minimum absolute atomic E-state index is 0.243. The van der Waals surface area contributed by atoms with E-state index in [0.717, 1.165) is 36.6 Å². The highest BCUT2D eigenvalue weighted by atomic mass is 19.1. The summed E-state index contributed by atoms with van der Waals surface area (Å²) in [7, 11) is 0. The predicted molar refractivity (Wildman–Crippen MR) is 102 cm³/mol. The van der Waals surface area contributed by atoms with Crippen molar-refractivity contribution in [3.8, 4) is 11.3 Å². The van der Waals surface area contributed by atoms with Crippen molar-refractivity contribution in [3.05, 3.63) is 78.6 Å². The molecule has 0 bridgehead atoms. The highest BCUT2D eigenvalue weighted by molar-refractivity contribution is 5.63. The molecule has 4 aromatic rings. The number of halogens is 1. The van der Waals surface area contributed by atoms with E-state index in [1.165, 1.54) is 17.8 Å². The van der Waals surface area contributed by atoms with Crippen LogP contribution in [0.3, 0.4) is 0 Å². The zero-order valence-electron chi connectivity index (χ0n) is 14.7. The molecule has 0 amide bonds. The van der Waals surface area contributed by atoms with E-state index in [9.17, 15) is 4.39 Å². The molecule has 3 aromatic heterocycles. The molecule has 0 radical (unpaired) electrons. The van der Waals surface area contributed by atoms with Gasteiger partial charge in [-0.2, -0.15) is 0 Å². The summed E-state index contributed by atoms with van der Waals surface area (Å²) in [5.74, 6) is 1.79. The smallest absolute Gasteiger partial charge is 0.234 e. The molecule has 1 atom stereocenters. The SMILES string of the molecule is Fc1ccc(-c2cnc3nccc([C@H]4CCN(c5ccccn5)C4)n23)cc1. The Morgan fingerprint density at radius 1 is 0.926 bits per heavy atom. The monoisotopic (exact) mass is 359 g/mol. The average Bonchev–Trinajstić information content (AvgIpc) is 3.37. The summed E-state index contributed by atoms with van der Waals surface area (Å²) in [5, 5.41) is 0. The standard InChI is InChI=1S/C21H18FN5/c22-17-6-4-15(5-7-17)19-13-25-21-24-11-8-18(27(19)21)16-9-12-26(14-16)20-3-1-2-10-23-20/h1-8,10-11,13,16H,9,12,14H2/t16-/m0/s1. The minimum atomic E-state index is -0.243. The number of pyridine rings is 1. The van der Waals surface area contributed by atoms with E-state index in [1.807, 2.05) is 36.8 Å². The average molecular weight is 359 g/mol. The van der Waals surface area contributed by atoms with Crippen LogP contribution in [0.4, 0.5) is 10.2 Å². The number of imidazole rings is 1. The topological polar surface area (TPSA) is 46.3 Å². The van der Waals surface area contributed by atoms with Crippen LogP contribution in [0, 0.1) is 5.82 Å². The Balaban J connectivity index is 1.54. The molecule has 5 nitrogen and oxygen atoms in total. The highest BCUT2D eigenvalue weighted by Crippen LogP contribution is 2.32. The first-order valence-corrected chi connectivity index (χ1v) is 9.04. The van der Waals surface area contributed by atoms with Gasteiger partial charge in [0.2, 0.25) is 5.78 Å². The van der Waals surface area contributed by atoms with Gasteiger partial charge in [0.1, 0.15) is 11.6 Å². The van der Waals surface area contributed by atoms with Crippen LogP contribution in [0.1, 0.15) is 18.0 Å². The number of fused-ring (bicyclic) bond motifs is 1. The molecule has 0 aliphatic carbocycles. The van der Waals surface area contributed by atoms with Crippen molar-refractivity contribution < 1.29 is 4.39 Å². The molecule has 4 heterocycles. The van der Waals surface area contributed by atoms with Crippen LogP contribution >= 0.6 is 0 Å². The lowest BCUT2D eigenvalue weighted by Gasteiger charge is -2.18. The van der Waals surface area contributed by atoms with Gasteiger partial charge in [-0.05, 0) is 48.9 Å². The fraction of sp³-hybridized carbons (Fsp3) is 0.190. The van der Waals surface area contributed by atoms with Gasteiger partial charge in [0.05, 0.1) is 11.9 Å². The molecule has 0 saturated carbocycles. The zero-order chi connectivity index (χ0) is 18.2. The minimum Gasteiger partial charge on any atom is -0.356 e. The van der Waals surface area contributed by atoms with Gasteiger partial charge in [-0.25, -0.2) is 19.3 Å². The highest BCUT2D eigenvalue weighted by Gasteiger charge is 2.27. The summed E-state index contributed by atoms with van der Waals surface area (Å²) in [6.45, 7) is 1.86. The summed E-state index contributed by atoms with van der Waals surface area (Å²) in [4.78, 5) is 15.6. The van der Waals surface area contributed by atoms with Gasteiger partial charge in [-0.1, -0.05) is 6.07 Å². The Morgan fingerprint density at radius 2 is 1.81 bits per heavy atom. The molecule has 1 aromatic carbocycles. The molecule has 27 heavy (non-hydrogen) atoms. The number of anilines is 1. The number of nitrogens with zero attached hydrogens (tertiary/aromatic N) is 5. The molecule has 0 spiro atoms. The lowest BCUT2D eigenvalue weighted by molar-refractivity contribution is 0.628. The van der Waals surface area contributed by atoms with E-state index < -0.39 is 0 Å². The van der Waals surface area contributed by atoms with Crippen LogP contribution in [-0.4, -0.2) is 32.4 Å². The van der Waals surface area contributed by atoms with E-state index in [4.69, 9.17) is 0 Å². The van der Waals surface area contributed by atoms with Crippen molar-refractivity contribution in [1.29, 1.82) is 0 Å². The number of rotatable bonds is 3. The van der Waals surface area contributed by atoms with Crippen molar-refractivity contribution in [2.75, 3.05) is 18.0 Å². The third-order valence-electron chi connectivity index (χ3n) is 5.16. The lowest BCUT2D eigenvalue weighted by Crippen LogP contribution is -2.20. The Kier molecular flexibility index (Phi) is 3.81. The molecule has 5 rings (SSSR count). The van der Waals surface area contributed by atoms with E-state index in [0.29, 0.717) is 11.7 Å². The first kappa shape index (κ1) is 15.9. The summed E-state index contributed by atoms with van der Waals surface area (Å²) in [6, 6.07) is 14.6. The van der Waals surface area contributed by atoms with Gasteiger partial charge < -0.3 is 4.90 Å². The summed E-state index contributed by atoms with van der Waals surface area (Å²) < 4.78 is 15.4. The van der Waals surface area contributed by atoms with E-state index in [2.05, 4.69) is 30.3 Å². The maximum Gasteiger partial charge on any atom is 0.234 e. The molecule has 134 valence electrons. The van der Waals surface area contributed by atoms with Gasteiger partial charge in [-0.3, -0.25) is 4.40 Å². The van der Waals surface area contributed by atoms with Crippen LogP contribution in [0.2, 0.25) is 0 Å². The maximum absolute atomic E-state index is 13.3. The Morgan fingerprint density at radius 3 is 2.63 bits per heavy atom. The normalized spacial score (nSPS) is 16.9. The molecule has 1 fully saturated rings. The molecule has 0 N–H and O–H groups in total. The second-order valence-electron chi connectivity index (χ2n) is 6.77. The molecule has 1 aliphatic heterocycles. The van der Waals surface area contributed by atoms with Crippen LogP contribution in [0.15, 0.2) is 67.1 Å². The molecule has 0 unspecified atom stereocenters. The van der Waals surface area contributed by atoms with Gasteiger partial charge in [0.25, 0.3) is 0 Å². The van der Waals surface area contributed by atoms with Gasteiger partial charge in [0, 0.05) is 42.7 Å². The number of aromatic nitrogens is 4. The van der Waals surface area contributed by atoms with Gasteiger partial charge >= 0.3 is 0 Å². The fourth-order valence-corrected chi connectivity index (χ4v) is 3.84. The van der Waals surface area contributed by atoms with Crippen molar-refractivity contribution in [2.45, 2.75) is 12.3 Å². The van der Waals surface area contributed by atoms with Crippen molar-refractivity contribution in [3.63, 3.8) is 0 Å². The predicted octanol–water partition coefficient (Wildman–Crippen LogP) is 3.92. The molecular weight excluding hydrogens is 341 g/mol. The summed E-state index contributed by atoms with van der Waals surface area (Å²) in [6.07, 6.45) is 6.49.